The van der Waals surface area contributed by atoms with Gasteiger partial charge in [0.15, 0.2) is 11.6 Å². The van der Waals surface area contributed by atoms with Crippen LogP contribution >= 0.6 is 0 Å². The summed E-state index contributed by atoms with van der Waals surface area (Å²) in [5.74, 6) is -5.38. The number of benzene rings is 1. The molecule has 0 heterocycles. The maximum Gasteiger partial charge on any atom is 0.326 e. The molecule has 1 amide bonds. The minimum atomic E-state index is -1.30. The van der Waals surface area contributed by atoms with Crippen molar-refractivity contribution in [3.8, 4) is 0 Å². The molecule has 0 unspecified atom stereocenters. The number of carbonyl (C=O) groups is 3. The van der Waals surface area contributed by atoms with Crippen LogP contribution in [0.2, 0.25) is 0 Å². The largest absolute Gasteiger partial charge is 0.480 e. The average Bonchev–Trinajstić information content (AvgIpc) is 2.50. The number of carboxylic acid groups (broad SMARTS) is 1. The number of hydrogen-bond acceptors (Lipinski definition) is 4. The topological polar surface area (TPSA) is 92.7 Å². The van der Waals surface area contributed by atoms with E-state index in [2.05, 4.69) is 5.32 Å². The summed E-state index contributed by atoms with van der Waals surface area (Å²) < 4.78 is 30.7. The molecule has 0 fully saturated rings. The average molecular weight is 343 g/mol. The number of esters is 1. The van der Waals surface area contributed by atoms with E-state index in [1.165, 1.54) is 13.0 Å². The van der Waals surface area contributed by atoms with Crippen molar-refractivity contribution in [3.05, 3.63) is 35.4 Å². The molecule has 1 rings (SSSR count). The molecular formula is C16H19F2NO5. The third-order valence-corrected chi connectivity index (χ3v) is 3.26. The Labute approximate surface area is 137 Å². The van der Waals surface area contributed by atoms with Gasteiger partial charge in [-0.2, -0.15) is 0 Å². The highest BCUT2D eigenvalue weighted by molar-refractivity contribution is 5.85. The summed E-state index contributed by atoms with van der Waals surface area (Å²) in [6.45, 7) is 3.29. The van der Waals surface area contributed by atoms with Crippen LogP contribution in [0.25, 0.3) is 0 Å². The third-order valence-electron chi connectivity index (χ3n) is 3.26. The molecule has 8 heteroatoms. The van der Waals surface area contributed by atoms with E-state index in [0.29, 0.717) is 0 Å². The highest BCUT2D eigenvalue weighted by Gasteiger charge is 2.26. The zero-order valence-electron chi connectivity index (χ0n) is 13.3. The normalized spacial score (nSPS) is 13.0. The van der Waals surface area contributed by atoms with Gasteiger partial charge in [0.2, 0.25) is 5.91 Å². The van der Waals surface area contributed by atoms with Gasteiger partial charge in [-0.15, -0.1) is 0 Å². The van der Waals surface area contributed by atoms with Gasteiger partial charge in [0.05, 0.1) is 18.9 Å². The van der Waals surface area contributed by atoms with E-state index in [9.17, 15) is 23.2 Å². The van der Waals surface area contributed by atoms with Crippen LogP contribution in [0.4, 0.5) is 8.78 Å². The Balaban J connectivity index is 2.67. The highest BCUT2D eigenvalue weighted by atomic mass is 19.2. The molecule has 0 saturated carbocycles. The Kier molecular flexibility index (Phi) is 7.29. The molecule has 132 valence electrons. The molecule has 1 aromatic rings. The molecule has 0 spiro atoms. The van der Waals surface area contributed by atoms with Crippen molar-refractivity contribution in [1.29, 1.82) is 0 Å². The summed E-state index contributed by atoms with van der Waals surface area (Å²) in [5.41, 5.74) is 0.203. The molecule has 0 radical (unpaired) electrons. The van der Waals surface area contributed by atoms with E-state index in [1.807, 2.05) is 0 Å². The van der Waals surface area contributed by atoms with E-state index in [0.717, 1.165) is 12.1 Å². The summed E-state index contributed by atoms with van der Waals surface area (Å²) in [4.78, 5) is 34.7. The first kappa shape index (κ1) is 19.5. The fourth-order valence-electron chi connectivity index (χ4n) is 2.04. The lowest BCUT2D eigenvalue weighted by molar-refractivity contribution is -0.149. The van der Waals surface area contributed by atoms with Crippen LogP contribution in [0.15, 0.2) is 18.2 Å². The number of hydrogen-bond donors (Lipinski definition) is 2. The van der Waals surface area contributed by atoms with Crippen molar-refractivity contribution in [2.45, 2.75) is 32.7 Å². The van der Waals surface area contributed by atoms with Crippen LogP contribution in [-0.2, 0) is 25.5 Å². The zero-order chi connectivity index (χ0) is 18.3. The quantitative estimate of drug-likeness (QED) is 0.701. The Morgan fingerprint density at radius 1 is 1.25 bits per heavy atom. The maximum atomic E-state index is 13.1. The number of ether oxygens (including phenoxy) is 1. The molecule has 0 aromatic heterocycles. The zero-order valence-corrected chi connectivity index (χ0v) is 13.3. The number of halogens is 2. The lowest BCUT2D eigenvalue weighted by atomic mass is 10.0. The first-order valence-electron chi connectivity index (χ1n) is 7.37. The molecular weight excluding hydrogens is 324 g/mol. The molecule has 0 aliphatic carbocycles. The third kappa shape index (κ3) is 5.94. The minimum absolute atomic E-state index is 0.141. The predicted octanol–water partition coefficient (Wildman–Crippen LogP) is 1.67. The maximum absolute atomic E-state index is 13.1. The Hall–Kier alpha value is -2.51. The van der Waals surface area contributed by atoms with E-state index in [-0.39, 0.29) is 25.0 Å². The summed E-state index contributed by atoms with van der Waals surface area (Å²) in [6, 6.07) is 1.69. The molecule has 0 aliphatic heterocycles. The Morgan fingerprint density at radius 3 is 2.46 bits per heavy atom. The van der Waals surface area contributed by atoms with Crippen LogP contribution in [0.5, 0.6) is 0 Å². The van der Waals surface area contributed by atoms with Crippen molar-refractivity contribution in [2.24, 2.45) is 5.92 Å². The van der Waals surface area contributed by atoms with Gasteiger partial charge in [-0.3, -0.25) is 9.59 Å². The van der Waals surface area contributed by atoms with Crippen molar-refractivity contribution in [3.63, 3.8) is 0 Å². The molecule has 0 bridgehead atoms. The molecule has 1 aromatic carbocycles. The molecule has 24 heavy (non-hydrogen) atoms. The molecule has 0 aliphatic rings. The van der Waals surface area contributed by atoms with E-state index >= 15 is 0 Å². The van der Waals surface area contributed by atoms with Gasteiger partial charge in [0.25, 0.3) is 0 Å². The fraction of sp³-hybridized carbons (Fsp3) is 0.438. The van der Waals surface area contributed by atoms with Crippen LogP contribution in [-0.4, -0.2) is 35.6 Å². The smallest absolute Gasteiger partial charge is 0.326 e. The van der Waals surface area contributed by atoms with E-state index < -0.39 is 41.4 Å². The lowest BCUT2D eigenvalue weighted by Gasteiger charge is -2.18. The fourth-order valence-corrected chi connectivity index (χ4v) is 2.04. The molecule has 2 N–H and O–H groups in total. The van der Waals surface area contributed by atoms with Crippen LogP contribution in [0.3, 0.4) is 0 Å². The first-order valence-corrected chi connectivity index (χ1v) is 7.37. The Bertz CT molecular complexity index is 620. The van der Waals surface area contributed by atoms with Gasteiger partial charge in [-0.05, 0) is 31.0 Å². The second kappa shape index (κ2) is 8.95. The van der Waals surface area contributed by atoms with Gasteiger partial charge in [-0.25, -0.2) is 13.6 Å². The summed E-state index contributed by atoms with van der Waals surface area (Å²) in [6.07, 6.45) is -0.452. The van der Waals surface area contributed by atoms with Gasteiger partial charge >= 0.3 is 11.9 Å². The standard InChI is InChI=1S/C16H19F2NO5/c1-3-24-16(23)9(2)6-13(15(21)22)19-14(20)8-10-4-5-11(17)12(18)7-10/h4-5,7,9,13H,3,6,8H2,1-2H3,(H,19,20)(H,21,22)/t9-,13+/m0/s1. The molecule has 2 atom stereocenters. The second-order valence-corrected chi connectivity index (χ2v) is 5.27. The van der Waals surface area contributed by atoms with Crippen molar-refractivity contribution < 1.29 is 33.0 Å². The van der Waals surface area contributed by atoms with Crippen molar-refractivity contribution >= 4 is 17.8 Å². The summed E-state index contributed by atoms with van der Waals surface area (Å²) >= 11 is 0. The van der Waals surface area contributed by atoms with Gasteiger partial charge in [-0.1, -0.05) is 13.0 Å². The molecule has 6 nitrogen and oxygen atoms in total. The number of nitrogens with one attached hydrogen (secondary N) is 1. The van der Waals surface area contributed by atoms with Gasteiger partial charge < -0.3 is 15.2 Å². The van der Waals surface area contributed by atoms with Gasteiger partial charge in [0.1, 0.15) is 6.04 Å². The monoisotopic (exact) mass is 343 g/mol. The minimum Gasteiger partial charge on any atom is -0.480 e. The van der Waals surface area contributed by atoms with Crippen LogP contribution in [0, 0.1) is 17.6 Å². The number of carboxylic acids is 1. The SMILES string of the molecule is CCOC(=O)[C@@H](C)C[C@@H](NC(=O)Cc1ccc(F)c(F)c1)C(=O)O. The Morgan fingerprint density at radius 2 is 1.92 bits per heavy atom. The van der Waals surface area contributed by atoms with E-state index in [4.69, 9.17) is 9.84 Å². The van der Waals surface area contributed by atoms with Crippen LogP contribution < -0.4 is 5.32 Å². The lowest BCUT2D eigenvalue weighted by Crippen LogP contribution is -2.43. The van der Waals surface area contributed by atoms with Crippen molar-refractivity contribution in [2.75, 3.05) is 6.61 Å². The second-order valence-electron chi connectivity index (χ2n) is 5.27. The number of rotatable bonds is 8. The van der Waals surface area contributed by atoms with Crippen LogP contribution in [0.1, 0.15) is 25.8 Å². The number of carbonyl (C=O) groups excluding carboxylic acids is 2. The van der Waals surface area contributed by atoms with E-state index in [1.54, 1.807) is 6.92 Å². The predicted molar refractivity (Wildman–Crippen MR) is 80.0 cm³/mol. The van der Waals surface area contributed by atoms with Crippen molar-refractivity contribution in [1.82, 2.24) is 5.32 Å². The highest BCUT2D eigenvalue weighted by Crippen LogP contribution is 2.11. The molecule has 0 saturated heterocycles. The summed E-state index contributed by atoms with van der Waals surface area (Å²) in [7, 11) is 0. The number of amides is 1. The number of aliphatic carboxylic acids is 1. The first-order chi connectivity index (χ1) is 11.2. The summed E-state index contributed by atoms with van der Waals surface area (Å²) in [5, 5.41) is 11.4. The van der Waals surface area contributed by atoms with Gasteiger partial charge in [0, 0.05) is 0 Å².